The highest BCUT2D eigenvalue weighted by Gasteiger charge is 2.22. The van der Waals surface area contributed by atoms with E-state index in [1.54, 1.807) is 6.07 Å². The van der Waals surface area contributed by atoms with Crippen molar-refractivity contribution in [2.45, 2.75) is 0 Å². The smallest absolute Gasteiger partial charge is 0.280 e. The molecule has 0 saturated heterocycles. The van der Waals surface area contributed by atoms with E-state index in [0.29, 0.717) is 5.75 Å². The standard InChI is InChI=1S/C15H11N3O6/c19-14(17-10-2-1-5-16-15(10)20)4-3-9-6-12-13(24-8-23-12)7-11(9)18(21)22/h1-7H,8H2,(H,16,20)(H,17,19)/b4-3+. The van der Waals surface area contributed by atoms with Gasteiger partial charge in [0.25, 0.3) is 11.2 Å². The average Bonchev–Trinajstić information content (AvgIpc) is 3.01. The molecule has 24 heavy (non-hydrogen) atoms. The van der Waals surface area contributed by atoms with Gasteiger partial charge in [0.05, 0.1) is 16.6 Å². The Balaban J connectivity index is 1.84. The Kier molecular flexibility index (Phi) is 3.98. The van der Waals surface area contributed by atoms with Crippen LogP contribution in [0.5, 0.6) is 11.5 Å². The highest BCUT2D eigenvalue weighted by atomic mass is 16.7. The van der Waals surface area contributed by atoms with Crippen molar-refractivity contribution in [2.75, 3.05) is 12.1 Å². The molecule has 1 aliphatic rings. The number of nitro groups is 1. The molecule has 2 N–H and O–H groups in total. The van der Waals surface area contributed by atoms with Crippen molar-refractivity contribution >= 4 is 23.4 Å². The summed E-state index contributed by atoms with van der Waals surface area (Å²) in [4.78, 5) is 36.3. The van der Waals surface area contributed by atoms with E-state index >= 15 is 0 Å². The predicted molar refractivity (Wildman–Crippen MR) is 83.9 cm³/mol. The number of H-pyrrole nitrogens is 1. The number of carbonyl (C=O) groups excluding carboxylic acids is 1. The van der Waals surface area contributed by atoms with Gasteiger partial charge in [-0.25, -0.2) is 0 Å². The molecular weight excluding hydrogens is 318 g/mol. The second-order valence-corrected chi connectivity index (χ2v) is 4.76. The fourth-order valence-electron chi connectivity index (χ4n) is 2.10. The first-order valence-corrected chi connectivity index (χ1v) is 6.79. The Hall–Kier alpha value is -3.62. The third-order valence-electron chi connectivity index (χ3n) is 3.21. The van der Waals surface area contributed by atoms with Crippen LogP contribution >= 0.6 is 0 Å². The van der Waals surface area contributed by atoms with Crippen molar-refractivity contribution in [3.05, 3.63) is 62.6 Å². The van der Waals surface area contributed by atoms with Crippen LogP contribution in [0.1, 0.15) is 5.56 Å². The van der Waals surface area contributed by atoms with Gasteiger partial charge in [0.15, 0.2) is 11.5 Å². The van der Waals surface area contributed by atoms with Crippen LogP contribution < -0.4 is 20.3 Å². The van der Waals surface area contributed by atoms with Crippen LogP contribution in [0.4, 0.5) is 11.4 Å². The minimum absolute atomic E-state index is 0.0169. The number of aromatic nitrogens is 1. The molecule has 3 rings (SSSR count). The van der Waals surface area contributed by atoms with Gasteiger partial charge in [-0.05, 0) is 24.3 Å². The topological polar surface area (TPSA) is 124 Å². The molecule has 0 unspecified atom stereocenters. The summed E-state index contributed by atoms with van der Waals surface area (Å²) < 4.78 is 10.3. The fourth-order valence-corrected chi connectivity index (χ4v) is 2.10. The van der Waals surface area contributed by atoms with Gasteiger partial charge >= 0.3 is 0 Å². The van der Waals surface area contributed by atoms with Crippen molar-refractivity contribution in [1.82, 2.24) is 4.98 Å². The second kappa shape index (κ2) is 6.24. The second-order valence-electron chi connectivity index (χ2n) is 4.76. The summed E-state index contributed by atoms with van der Waals surface area (Å²) in [6.07, 6.45) is 3.80. The monoisotopic (exact) mass is 329 g/mol. The zero-order valence-electron chi connectivity index (χ0n) is 12.1. The van der Waals surface area contributed by atoms with Crippen molar-refractivity contribution in [2.24, 2.45) is 0 Å². The predicted octanol–water partition coefficient (Wildman–Crippen LogP) is 1.66. The number of ether oxygens (including phenoxy) is 2. The molecule has 1 amide bonds. The lowest BCUT2D eigenvalue weighted by molar-refractivity contribution is -0.385. The largest absolute Gasteiger partial charge is 0.454 e. The molecule has 2 aromatic rings. The Bertz CT molecular complexity index is 902. The molecule has 0 spiro atoms. The lowest BCUT2D eigenvalue weighted by Gasteiger charge is -2.02. The maximum Gasteiger partial charge on any atom is 0.280 e. The van der Waals surface area contributed by atoms with E-state index in [9.17, 15) is 19.7 Å². The number of nitrogens with one attached hydrogen (secondary N) is 2. The van der Waals surface area contributed by atoms with Crippen molar-refractivity contribution in [3.8, 4) is 11.5 Å². The maximum absolute atomic E-state index is 11.9. The zero-order chi connectivity index (χ0) is 17.1. The molecule has 1 aromatic heterocycles. The maximum atomic E-state index is 11.9. The fraction of sp³-hybridized carbons (Fsp3) is 0.0667. The van der Waals surface area contributed by atoms with Gasteiger partial charge in [0.2, 0.25) is 12.7 Å². The minimum Gasteiger partial charge on any atom is -0.454 e. The summed E-state index contributed by atoms with van der Waals surface area (Å²) in [5.41, 5.74) is -0.414. The van der Waals surface area contributed by atoms with Gasteiger partial charge in [-0.3, -0.25) is 19.7 Å². The van der Waals surface area contributed by atoms with Gasteiger partial charge in [-0.2, -0.15) is 0 Å². The van der Waals surface area contributed by atoms with E-state index in [1.165, 1.54) is 30.5 Å². The third kappa shape index (κ3) is 3.09. The van der Waals surface area contributed by atoms with Crippen LogP contribution in [-0.2, 0) is 4.79 Å². The molecule has 9 nitrogen and oxygen atoms in total. The lowest BCUT2D eigenvalue weighted by Crippen LogP contribution is -2.17. The van der Waals surface area contributed by atoms with Crippen LogP contribution in [0.25, 0.3) is 6.08 Å². The number of amides is 1. The van der Waals surface area contributed by atoms with Crippen LogP contribution in [0.2, 0.25) is 0 Å². The van der Waals surface area contributed by atoms with E-state index in [2.05, 4.69) is 10.3 Å². The van der Waals surface area contributed by atoms with Gasteiger partial charge in [0.1, 0.15) is 5.69 Å². The highest BCUT2D eigenvalue weighted by Crippen LogP contribution is 2.38. The number of nitro benzene ring substituents is 1. The van der Waals surface area contributed by atoms with Crippen LogP contribution in [0, 0.1) is 10.1 Å². The zero-order valence-corrected chi connectivity index (χ0v) is 12.1. The molecular formula is C15H11N3O6. The van der Waals surface area contributed by atoms with E-state index in [0.717, 1.165) is 6.08 Å². The molecule has 1 aromatic carbocycles. The first kappa shape index (κ1) is 15.3. The van der Waals surface area contributed by atoms with Crippen molar-refractivity contribution < 1.29 is 19.2 Å². The number of benzene rings is 1. The van der Waals surface area contributed by atoms with Gasteiger partial charge in [-0.15, -0.1) is 0 Å². The Morgan fingerprint density at radius 3 is 2.79 bits per heavy atom. The molecule has 0 bridgehead atoms. The van der Waals surface area contributed by atoms with Gasteiger partial charge in [0, 0.05) is 12.3 Å². The number of carbonyl (C=O) groups is 1. The number of aromatic amines is 1. The summed E-state index contributed by atoms with van der Waals surface area (Å²) in [5.74, 6) is 0.0398. The molecule has 0 atom stereocenters. The van der Waals surface area contributed by atoms with Gasteiger partial charge < -0.3 is 19.8 Å². The number of nitrogens with zero attached hydrogens (tertiary/aromatic N) is 1. The van der Waals surface area contributed by atoms with E-state index in [1.807, 2.05) is 0 Å². The summed E-state index contributed by atoms with van der Waals surface area (Å²) in [5, 5.41) is 13.5. The number of pyridine rings is 1. The summed E-state index contributed by atoms with van der Waals surface area (Å²) in [6, 6.07) is 5.65. The molecule has 0 saturated carbocycles. The molecule has 0 fully saturated rings. The molecule has 0 aliphatic carbocycles. The number of hydrogen-bond donors (Lipinski definition) is 2. The van der Waals surface area contributed by atoms with Gasteiger partial charge in [-0.1, -0.05) is 0 Å². The van der Waals surface area contributed by atoms with Crippen LogP contribution in [0.3, 0.4) is 0 Å². The molecule has 0 radical (unpaired) electrons. The van der Waals surface area contributed by atoms with Crippen molar-refractivity contribution in [3.63, 3.8) is 0 Å². The Morgan fingerprint density at radius 2 is 2.08 bits per heavy atom. The Labute approximate surface area is 134 Å². The van der Waals surface area contributed by atoms with Crippen molar-refractivity contribution in [1.29, 1.82) is 0 Å². The molecule has 122 valence electrons. The number of rotatable bonds is 4. The van der Waals surface area contributed by atoms with Crippen LogP contribution in [-0.4, -0.2) is 22.6 Å². The molecule has 1 aliphatic heterocycles. The summed E-state index contributed by atoms with van der Waals surface area (Å²) in [6.45, 7) is -0.0169. The van der Waals surface area contributed by atoms with Crippen LogP contribution in [0.15, 0.2) is 41.3 Å². The third-order valence-corrected chi connectivity index (χ3v) is 3.21. The number of fused-ring (bicyclic) bond motifs is 1. The summed E-state index contributed by atoms with van der Waals surface area (Å²) in [7, 11) is 0. The normalized spacial score (nSPS) is 12.3. The quantitative estimate of drug-likeness (QED) is 0.499. The van der Waals surface area contributed by atoms with E-state index in [-0.39, 0.29) is 29.5 Å². The SMILES string of the molecule is O=C(/C=C/c1cc2c(cc1[N+](=O)[O-])OCO2)Nc1ccc[nH]c1=O. The number of anilines is 1. The van der Waals surface area contributed by atoms with E-state index < -0.39 is 16.4 Å². The minimum atomic E-state index is -0.598. The highest BCUT2D eigenvalue weighted by molar-refractivity contribution is 6.02. The molecule has 2 heterocycles. The average molecular weight is 329 g/mol. The first-order chi connectivity index (χ1) is 11.5. The molecule has 9 heteroatoms. The number of hydrogen-bond acceptors (Lipinski definition) is 6. The first-order valence-electron chi connectivity index (χ1n) is 6.79. The lowest BCUT2D eigenvalue weighted by atomic mass is 10.1. The Morgan fingerprint density at radius 1 is 1.33 bits per heavy atom. The van der Waals surface area contributed by atoms with E-state index in [4.69, 9.17) is 9.47 Å². The summed E-state index contributed by atoms with van der Waals surface area (Å²) >= 11 is 0.